The third kappa shape index (κ3) is 5.35. The number of benzene rings is 2. The van der Waals surface area contributed by atoms with Crippen molar-refractivity contribution in [3.63, 3.8) is 0 Å². The molecular weight excluding hydrogens is 435 g/mol. The summed E-state index contributed by atoms with van der Waals surface area (Å²) in [6, 6.07) is 7.32. The first-order valence-corrected chi connectivity index (χ1v) is 10.9. The van der Waals surface area contributed by atoms with Crippen molar-refractivity contribution in [3.8, 4) is 0 Å². The highest BCUT2D eigenvalue weighted by molar-refractivity contribution is 7.89. The minimum Gasteiger partial charge on any atom is -0.374 e. The Morgan fingerprint density at radius 2 is 1.65 bits per heavy atom. The van der Waals surface area contributed by atoms with Crippen LogP contribution in [0, 0.1) is 17.5 Å². The van der Waals surface area contributed by atoms with E-state index in [4.69, 9.17) is 4.74 Å². The van der Waals surface area contributed by atoms with Gasteiger partial charge in [-0.2, -0.15) is 4.31 Å². The number of hydrogen-bond donors (Lipinski definition) is 2. The van der Waals surface area contributed by atoms with Gasteiger partial charge in [0.15, 0.2) is 17.5 Å². The van der Waals surface area contributed by atoms with E-state index in [1.807, 2.05) is 0 Å². The number of ether oxygens (including phenoxy) is 1. The lowest BCUT2D eigenvalue weighted by Crippen LogP contribution is -2.48. The van der Waals surface area contributed by atoms with Crippen LogP contribution in [0.3, 0.4) is 0 Å². The maximum absolute atomic E-state index is 13.6. The lowest BCUT2D eigenvalue weighted by atomic mass is 10.2. The van der Waals surface area contributed by atoms with Crippen LogP contribution in [0.1, 0.15) is 13.8 Å². The van der Waals surface area contributed by atoms with Gasteiger partial charge in [0.05, 0.1) is 29.3 Å². The Kier molecular flexibility index (Phi) is 6.87. The molecule has 0 bridgehead atoms. The van der Waals surface area contributed by atoms with E-state index in [0.29, 0.717) is 5.69 Å². The van der Waals surface area contributed by atoms with E-state index in [9.17, 15) is 26.4 Å². The molecule has 2 aromatic carbocycles. The van der Waals surface area contributed by atoms with E-state index >= 15 is 0 Å². The summed E-state index contributed by atoms with van der Waals surface area (Å²) >= 11 is 0. The third-order valence-corrected chi connectivity index (χ3v) is 6.48. The summed E-state index contributed by atoms with van der Waals surface area (Å²) in [5.74, 6) is -4.97. The number of carbonyl (C=O) groups excluding carboxylic acids is 1. The van der Waals surface area contributed by atoms with Gasteiger partial charge in [0.2, 0.25) is 15.9 Å². The normalized spacial score (nSPS) is 19.8. The van der Waals surface area contributed by atoms with Crippen molar-refractivity contribution in [2.45, 2.75) is 31.0 Å². The molecule has 7 nitrogen and oxygen atoms in total. The molecule has 2 N–H and O–H groups in total. The van der Waals surface area contributed by atoms with Crippen molar-refractivity contribution < 1.29 is 31.1 Å². The average Bonchev–Trinajstić information content (AvgIpc) is 2.71. The number of nitrogens with zero attached hydrogens (tertiary/aromatic N) is 1. The Bertz CT molecular complexity index is 1050. The first-order valence-electron chi connectivity index (χ1n) is 9.51. The number of anilines is 2. The summed E-state index contributed by atoms with van der Waals surface area (Å²) in [5, 5.41) is 4.89. The van der Waals surface area contributed by atoms with Crippen LogP contribution in [0.25, 0.3) is 0 Å². The van der Waals surface area contributed by atoms with Crippen molar-refractivity contribution in [2.75, 3.05) is 30.3 Å². The quantitative estimate of drug-likeness (QED) is 0.652. The van der Waals surface area contributed by atoms with Gasteiger partial charge in [-0.1, -0.05) is 0 Å². The van der Waals surface area contributed by atoms with Crippen LogP contribution in [0.4, 0.5) is 24.5 Å². The molecule has 1 saturated heterocycles. The molecule has 1 fully saturated rings. The van der Waals surface area contributed by atoms with E-state index in [1.165, 1.54) is 28.6 Å². The molecule has 0 aliphatic carbocycles. The first-order chi connectivity index (χ1) is 14.6. The number of nitrogens with one attached hydrogen (secondary N) is 2. The van der Waals surface area contributed by atoms with E-state index < -0.39 is 39.9 Å². The van der Waals surface area contributed by atoms with Crippen LogP contribution in [-0.2, 0) is 19.6 Å². The second-order valence-electron chi connectivity index (χ2n) is 7.23. The number of carbonyl (C=O) groups is 1. The molecule has 2 aromatic rings. The maximum atomic E-state index is 13.6. The van der Waals surface area contributed by atoms with Gasteiger partial charge in [-0.05, 0) is 50.2 Å². The lowest BCUT2D eigenvalue weighted by molar-refractivity contribution is -0.114. The fraction of sp³-hybridized carbons (Fsp3) is 0.350. The standard InChI is InChI=1S/C20H22F3N3O4S/c1-12-10-26(11-13(2)30-12)31(28,29)15-5-3-14(4-6-15)25-18(27)9-24-17-8-7-16(21)19(22)20(17)23/h3-8,12-13,24H,9-11H2,1-2H3,(H,25,27)/t12-,13-/m1/s1. The molecule has 0 radical (unpaired) electrons. The number of amides is 1. The van der Waals surface area contributed by atoms with Gasteiger partial charge in [0.1, 0.15) is 0 Å². The van der Waals surface area contributed by atoms with Gasteiger partial charge in [0.25, 0.3) is 0 Å². The summed E-state index contributed by atoms with van der Waals surface area (Å²) in [6.45, 7) is 3.69. The summed E-state index contributed by atoms with van der Waals surface area (Å²) in [6.07, 6.45) is -0.437. The topological polar surface area (TPSA) is 87.7 Å². The largest absolute Gasteiger partial charge is 0.374 e. The van der Waals surface area contributed by atoms with Gasteiger partial charge < -0.3 is 15.4 Å². The zero-order valence-corrected chi connectivity index (χ0v) is 17.7. The SMILES string of the molecule is C[C@@H]1CN(S(=O)(=O)c2ccc(NC(=O)CNc3ccc(F)c(F)c3F)cc2)C[C@@H](C)O1. The minimum absolute atomic E-state index is 0.0776. The monoisotopic (exact) mass is 457 g/mol. The van der Waals surface area contributed by atoms with Crippen LogP contribution >= 0.6 is 0 Å². The molecule has 1 heterocycles. The van der Waals surface area contributed by atoms with Gasteiger partial charge in [-0.25, -0.2) is 21.6 Å². The van der Waals surface area contributed by atoms with Crippen molar-refractivity contribution in [3.05, 3.63) is 53.8 Å². The molecule has 0 saturated carbocycles. The van der Waals surface area contributed by atoms with Crippen LogP contribution in [0.2, 0.25) is 0 Å². The average molecular weight is 457 g/mol. The summed E-state index contributed by atoms with van der Waals surface area (Å²) in [4.78, 5) is 12.1. The second kappa shape index (κ2) is 9.25. The Balaban J connectivity index is 1.61. The molecule has 0 unspecified atom stereocenters. The van der Waals surface area contributed by atoms with Gasteiger partial charge in [0, 0.05) is 18.8 Å². The Morgan fingerprint density at radius 3 is 2.26 bits per heavy atom. The molecule has 11 heteroatoms. The van der Waals surface area contributed by atoms with Crippen LogP contribution in [0.15, 0.2) is 41.3 Å². The zero-order valence-electron chi connectivity index (χ0n) is 16.9. The first kappa shape index (κ1) is 23.0. The van der Waals surface area contributed by atoms with Crippen molar-refractivity contribution >= 4 is 27.3 Å². The van der Waals surface area contributed by atoms with Crippen LogP contribution in [0.5, 0.6) is 0 Å². The van der Waals surface area contributed by atoms with Crippen molar-refractivity contribution in [1.29, 1.82) is 0 Å². The van der Waals surface area contributed by atoms with Gasteiger partial charge >= 0.3 is 0 Å². The van der Waals surface area contributed by atoms with Crippen molar-refractivity contribution in [2.24, 2.45) is 0 Å². The lowest BCUT2D eigenvalue weighted by Gasteiger charge is -2.34. The fourth-order valence-corrected chi connectivity index (χ4v) is 4.82. The highest BCUT2D eigenvalue weighted by atomic mass is 32.2. The predicted octanol–water partition coefficient (Wildman–Crippen LogP) is 2.95. The number of morpholine rings is 1. The van der Waals surface area contributed by atoms with Crippen molar-refractivity contribution in [1.82, 2.24) is 4.31 Å². The van der Waals surface area contributed by atoms with E-state index in [0.717, 1.165) is 12.1 Å². The Morgan fingerprint density at radius 1 is 1.03 bits per heavy atom. The molecule has 2 atom stereocenters. The van der Waals surface area contributed by atoms with E-state index in [2.05, 4.69) is 10.6 Å². The molecule has 3 rings (SSSR count). The molecule has 0 aromatic heterocycles. The second-order valence-corrected chi connectivity index (χ2v) is 9.17. The molecule has 1 aliphatic rings. The number of rotatable bonds is 6. The number of sulfonamides is 1. The minimum atomic E-state index is -3.71. The van der Waals surface area contributed by atoms with Crippen LogP contribution in [-0.4, -0.2) is 50.5 Å². The number of halogens is 3. The third-order valence-electron chi connectivity index (χ3n) is 4.64. The summed E-state index contributed by atoms with van der Waals surface area (Å²) in [7, 11) is -3.71. The molecular formula is C20H22F3N3O4S. The Hall–Kier alpha value is -2.63. The fourth-order valence-electron chi connectivity index (χ4n) is 3.23. The molecule has 0 spiro atoms. The Labute approximate surface area is 178 Å². The zero-order chi connectivity index (χ0) is 22.8. The predicted molar refractivity (Wildman–Crippen MR) is 109 cm³/mol. The highest BCUT2D eigenvalue weighted by Gasteiger charge is 2.32. The number of hydrogen-bond acceptors (Lipinski definition) is 5. The molecule has 31 heavy (non-hydrogen) atoms. The highest BCUT2D eigenvalue weighted by Crippen LogP contribution is 2.23. The maximum Gasteiger partial charge on any atom is 0.243 e. The van der Waals surface area contributed by atoms with Gasteiger partial charge in [-0.15, -0.1) is 0 Å². The smallest absolute Gasteiger partial charge is 0.243 e. The van der Waals surface area contributed by atoms with Crippen LogP contribution < -0.4 is 10.6 Å². The van der Waals surface area contributed by atoms with E-state index in [1.54, 1.807) is 13.8 Å². The summed E-state index contributed by atoms with van der Waals surface area (Å²) in [5.41, 5.74) is -0.0373. The molecule has 1 amide bonds. The van der Waals surface area contributed by atoms with Gasteiger partial charge in [-0.3, -0.25) is 4.79 Å². The molecule has 1 aliphatic heterocycles. The van der Waals surface area contributed by atoms with E-state index in [-0.39, 0.29) is 35.9 Å². The molecule has 168 valence electrons. The summed E-state index contributed by atoms with van der Waals surface area (Å²) < 4.78 is 72.4.